The summed E-state index contributed by atoms with van der Waals surface area (Å²) >= 11 is 0. The fourth-order valence-electron chi connectivity index (χ4n) is 3.10. The summed E-state index contributed by atoms with van der Waals surface area (Å²) in [7, 11) is 3.43. The van der Waals surface area contributed by atoms with Gasteiger partial charge in [0, 0.05) is 20.6 Å². The van der Waals surface area contributed by atoms with Crippen LogP contribution in [0.15, 0.2) is 11.1 Å². The Labute approximate surface area is 113 Å². The molecule has 2 heteroatoms. The number of methoxy groups -OCH3 is 2. The molecule has 0 aromatic carbocycles. The van der Waals surface area contributed by atoms with E-state index >= 15 is 0 Å². The van der Waals surface area contributed by atoms with E-state index in [9.17, 15) is 0 Å². The molecule has 0 radical (unpaired) electrons. The first kappa shape index (κ1) is 15.7. The Morgan fingerprint density at radius 2 is 1.89 bits per heavy atom. The minimum Gasteiger partial charge on any atom is -0.356 e. The molecular weight excluding hydrogens is 224 g/mol. The summed E-state index contributed by atoms with van der Waals surface area (Å²) in [6, 6.07) is 0. The summed E-state index contributed by atoms with van der Waals surface area (Å²) < 4.78 is 10.5. The molecule has 2 nitrogen and oxygen atoms in total. The van der Waals surface area contributed by atoms with Crippen LogP contribution < -0.4 is 0 Å². The van der Waals surface area contributed by atoms with Gasteiger partial charge in [-0.15, -0.1) is 0 Å². The number of rotatable bonds is 7. The van der Waals surface area contributed by atoms with Crippen molar-refractivity contribution in [2.24, 2.45) is 11.8 Å². The summed E-state index contributed by atoms with van der Waals surface area (Å²) in [6.45, 7) is 6.98. The zero-order valence-corrected chi connectivity index (χ0v) is 12.8. The Kier molecular flexibility index (Phi) is 6.95. The lowest BCUT2D eigenvalue weighted by molar-refractivity contribution is -0.105. The molecule has 0 aliphatic heterocycles. The van der Waals surface area contributed by atoms with Crippen LogP contribution in [0.1, 0.15) is 59.3 Å². The third kappa shape index (κ3) is 5.11. The maximum atomic E-state index is 5.25. The van der Waals surface area contributed by atoms with Crippen molar-refractivity contribution in [3.05, 3.63) is 11.1 Å². The third-order valence-electron chi connectivity index (χ3n) is 4.07. The van der Waals surface area contributed by atoms with E-state index in [0.717, 1.165) is 24.7 Å². The Morgan fingerprint density at radius 3 is 2.39 bits per heavy atom. The Balaban J connectivity index is 2.42. The van der Waals surface area contributed by atoms with Crippen molar-refractivity contribution in [3.8, 4) is 0 Å². The highest BCUT2D eigenvalue weighted by Gasteiger charge is 2.20. The van der Waals surface area contributed by atoms with Crippen molar-refractivity contribution in [2.75, 3.05) is 14.2 Å². The van der Waals surface area contributed by atoms with E-state index in [1.807, 2.05) is 0 Å². The van der Waals surface area contributed by atoms with Crippen molar-refractivity contribution in [3.63, 3.8) is 0 Å². The molecule has 1 atom stereocenters. The molecule has 0 spiro atoms. The molecule has 1 aliphatic carbocycles. The van der Waals surface area contributed by atoms with E-state index < -0.39 is 0 Å². The van der Waals surface area contributed by atoms with Crippen LogP contribution in [0.25, 0.3) is 0 Å². The van der Waals surface area contributed by atoms with Crippen molar-refractivity contribution >= 4 is 0 Å². The third-order valence-corrected chi connectivity index (χ3v) is 4.07. The molecule has 0 aromatic heterocycles. The van der Waals surface area contributed by atoms with Gasteiger partial charge in [0.15, 0.2) is 6.29 Å². The lowest BCUT2D eigenvalue weighted by Crippen LogP contribution is -2.15. The first-order valence-electron chi connectivity index (χ1n) is 7.29. The fraction of sp³-hybridized carbons (Fsp3) is 0.875. The van der Waals surface area contributed by atoms with E-state index in [0.29, 0.717) is 0 Å². The Hall–Kier alpha value is -0.340. The SMILES string of the molecule is COC(CCC1=C(C)CC(CC(C)C)CC1)OC. The lowest BCUT2D eigenvalue weighted by Gasteiger charge is -2.27. The second-order valence-electron chi connectivity index (χ2n) is 6.06. The topological polar surface area (TPSA) is 18.5 Å². The van der Waals surface area contributed by atoms with E-state index in [-0.39, 0.29) is 6.29 Å². The van der Waals surface area contributed by atoms with Gasteiger partial charge in [-0.25, -0.2) is 0 Å². The van der Waals surface area contributed by atoms with Crippen LogP contribution in [0.3, 0.4) is 0 Å². The van der Waals surface area contributed by atoms with Gasteiger partial charge < -0.3 is 9.47 Å². The summed E-state index contributed by atoms with van der Waals surface area (Å²) in [6.07, 6.45) is 7.40. The van der Waals surface area contributed by atoms with Crippen molar-refractivity contribution in [1.29, 1.82) is 0 Å². The highest BCUT2D eigenvalue weighted by Crippen LogP contribution is 2.35. The van der Waals surface area contributed by atoms with Crippen LogP contribution in [0.5, 0.6) is 0 Å². The summed E-state index contributed by atoms with van der Waals surface area (Å²) in [5.41, 5.74) is 3.27. The molecule has 0 heterocycles. The fourth-order valence-corrected chi connectivity index (χ4v) is 3.10. The van der Waals surface area contributed by atoms with Crippen molar-refractivity contribution in [1.82, 2.24) is 0 Å². The second-order valence-corrected chi connectivity index (χ2v) is 6.06. The zero-order chi connectivity index (χ0) is 13.5. The van der Waals surface area contributed by atoms with Crippen LogP contribution in [0, 0.1) is 11.8 Å². The smallest absolute Gasteiger partial charge is 0.157 e. The average molecular weight is 254 g/mol. The van der Waals surface area contributed by atoms with Crippen LogP contribution >= 0.6 is 0 Å². The van der Waals surface area contributed by atoms with Gasteiger partial charge in [0.05, 0.1) is 0 Å². The highest BCUT2D eigenvalue weighted by atomic mass is 16.7. The first-order chi connectivity index (χ1) is 8.56. The first-order valence-corrected chi connectivity index (χ1v) is 7.29. The molecule has 1 aliphatic rings. The number of allylic oxidation sites excluding steroid dienone is 2. The molecule has 0 saturated carbocycles. The molecule has 18 heavy (non-hydrogen) atoms. The molecule has 1 rings (SSSR count). The van der Waals surface area contributed by atoms with E-state index in [2.05, 4.69) is 20.8 Å². The number of hydrogen-bond acceptors (Lipinski definition) is 2. The van der Waals surface area contributed by atoms with E-state index in [1.165, 1.54) is 25.7 Å². The lowest BCUT2D eigenvalue weighted by atomic mass is 9.79. The van der Waals surface area contributed by atoms with Gasteiger partial charge in [0.2, 0.25) is 0 Å². The van der Waals surface area contributed by atoms with Gasteiger partial charge in [-0.05, 0) is 50.9 Å². The molecule has 1 unspecified atom stereocenters. The number of hydrogen-bond donors (Lipinski definition) is 0. The van der Waals surface area contributed by atoms with E-state index in [1.54, 1.807) is 25.4 Å². The summed E-state index contributed by atoms with van der Waals surface area (Å²) in [4.78, 5) is 0. The van der Waals surface area contributed by atoms with Crippen LogP contribution in [0.4, 0.5) is 0 Å². The maximum absolute atomic E-state index is 5.25. The summed E-state index contributed by atoms with van der Waals surface area (Å²) in [5.74, 6) is 1.74. The Bertz CT molecular complexity index is 264. The van der Waals surface area contributed by atoms with Gasteiger partial charge >= 0.3 is 0 Å². The highest BCUT2D eigenvalue weighted by molar-refractivity contribution is 5.16. The van der Waals surface area contributed by atoms with Gasteiger partial charge in [-0.2, -0.15) is 0 Å². The largest absolute Gasteiger partial charge is 0.356 e. The number of ether oxygens (including phenoxy) is 2. The molecule has 0 saturated heterocycles. The van der Waals surface area contributed by atoms with Crippen molar-refractivity contribution in [2.45, 2.75) is 65.6 Å². The molecule has 0 aromatic rings. The molecular formula is C16H30O2. The Morgan fingerprint density at radius 1 is 1.22 bits per heavy atom. The standard InChI is InChI=1S/C16H30O2/c1-12(2)10-14-6-7-15(13(3)11-14)8-9-16(17-4)18-5/h12,14,16H,6-11H2,1-5H3. The molecule has 106 valence electrons. The molecule has 0 bridgehead atoms. The van der Waals surface area contributed by atoms with Crippen LogP contribution in [0.2, 0.25) is 0 Å². The van der Waals surface area contributed by atoms with Gasteiger partial charge in [0.25, 0.3) is 0 Å². The minimum absolute atomic E-state index is 0.0429. The van der Waals surface area contributed by atoms with Gasteiger partial charge in [0.1, 0.15) is 0 Å². The van der Waals surface area contributed by atoms with Gasteiger partial charge in [-0.3, -0.25) is 0 Å². The average Bonchev–Trinajstić information content (AvgIpc) is 2.32. The van der Waals surface area contributed by atoms with Crippen molar-refractivity contribution < 1.29 is 9.47 Å². The molecule has 0 N–H and O–H groups in total. The quantitative estimate of drug-likeness (QED) is 0.490. The maximum Gasteiger partial charge on any atom is 0.157 e. The normalized spacial score (nSPS) is 21.2. The zero-order valence-electron chi connectivity index (χ0n) is 12.8. The van der Waals surface area contributed by atoms with Crippen LogP contribution in [-0.4, -0.2) is 20.5 Å². The second kappa shape index (κ2) is 7.96. The predicted octanol–water partition coefficient (Wildman–Crippen LogP) is 4.55. The molecule has 0 amide bonds. The van der Waals surface area contributed by atoms with Gasteiger partial charge in [-0.1, -0.05) is 25.0 Å². The minimum atomic E-state index is -0.0429. The molecule has 0 fully saturated rings. The summed E-state index contributed by atoms with van der Waals surface area (Å²) in [5, 5.41) is 0. The van der Waals surface area contributed by atoms with Crippen LogP contribution in [-0.2, 0) is 9.47 Å². The van der Waals surface area contributed by atoms with E-state index in [4.69, 9.17) is 9.47 Å². The predicted molar refractivity (Wildman–Crippen MR) is 76.5 cm³/mol. The monoisotopic (exact) mass is 254 g/mol.